The van der Waals surface area contributed by atoms with E-state index in [1.807, 2.05) is 21.1 Å². The molecule has 0 bridgehead atoms. The predicted molar refractivity (Wildman–Crippen MR) is 372 cm³/mol. The van der Waals surface area contributed by atoms with Crippen molar-refractivity contribution in [3.8, 4) is 0 Å². The van der Waals surface area contributed by atoms with Gasteiger partial charge in [0.05, 0.1) is 34.4 Å². The molecular weight excluding hydrogens is 1080 g/mol. The number of nitrogens with zero attached hydrogens (tertiary/aromatic N) is 1. The Morgan fingerprint density at radius 2 is 0.621 bits per heavy atom. The molecule has 9 nitrogen and oxygen atoms in total. The fraction of sp³-hybridized carbons (Fsp3) is 0.551. The standard InChI is InChI=1S/C78H121NO8/c1-6-8-10-12-14-16-18-20-22-24-26-28-30-32-34-35-36-37-38-39-40-41-43-45-47-49-51-53-55-57-59-61-63-65-67-69-76(81)87-74(73-86-78(77(82)83)84-71-70-79(3,4)5)72-85-75(80)68-66-64-62-60-58-56-54-52-50-48-46-44-42-33-31-29-27-25-23-21-19-17-15-13-11-9-7-2/h8-11,14-17,20-23,26-29,32-34,36-37,39-40,42-43,45-46,48,52,54,58,60,74,78H,6-7,12-13,18-19,24-25,30-31,35,38,41,44,47,49-51,53,55-57,59,61-73H2,1-5H3/p+1/b10-8-,11-9-,16-14-,17-15-,22-20-,23-21-,28-26-,29-27-,34-32-,37-36-,40-39-,42-33-,45-43-,48-46-,54-52-,60-58-. The number of hydrogen-bond acceptors (Lipinski definition) is 7. The van der Waals surface area contributed by atoms with Gasteiger partial charge in [0.25, 0.3) is 6.29 Å². The van der Waals surface area contributed by atoms with Crippen molar-refractivity contribution in [1.82, 2.24) is 0 Å². The van der Waals surface area contributed by atoms with E-state index in [-0.39, 0.29) is 32.7 Å². The van der Waals surface area contributed by atoms with Gasteiger partial charge in [0, 0.05) is 12.8 Å². The number of rotatable bonds is 59. The summed E-state index contributed by atoms with van der Waals surface area (Å²) in [6, 6.07) is 0. The van der Waals surface area contributed by atoms with Crippen LogP contribution in [-0.4, -0.2) is 87.4 Å². The Bertz CT molecular complexity index is 2130. The minimum absolute atomic E-state index is 0.168. The first-order chi connectivity index (χ1) is 42.6. The zero-order chi connectivity index (χ0) is 63.3. The molecule has 0 rings (SSSR count). The molecule has 0 saturated carbocycles. The van der Waals surface area contributed by atoms with Gasteiger partial charge < -0.3 is 28.5 Å². The van der Waals surface area contributed by atoms with Crippen molar-refractivity contribution in [2.24, 2.45) is 0 Å². The maximum atomic E-state index is 12.9. The number of carboxylic acid groups (broad SMARTS) is 1. The van der Waals surface area contributed by atoms with Crippen LogP contribution in [0.1, 0.15) is 219 Å². The van der Waals surface area contributed by atoms with Gasteiger partial charge in [0.2, 0.25) is 0 Å². The third-order valence-electron chi connectivity index (χ3n) is 13.3. The molecule has 0 aromatic carbocycles. The van der Waals surface area contributed by atoms with Crippen molar-refractivity contribution in [3.05, 3.63) is 194 Å². The lowest BCUT2D eigenvalue weighted by molar-refractivity contribution is -0.870. The Balaban J connectivity index is 4.30. The van der Waals surface area contributed by atoms with Crippen LogP contribution in [0.5, 0.6) is 0 Å². The summed E-state index contributed by atoms with van der Waals surface area (Å²) in [5.41, 5.74) is 0. The van der Waals surface area contributed by atoms with Crippen molar-refractivity contribution < 1.29 is 42.9 Å². The number of ether oxygens (including phenoxy) is 4. The monoisotopic (exact) mass is 1200 g/mol. The zero-order valence-electron chi connectivity index (χ0n) is 55.3. The molecule has 0 aliphatic carbocycles. The summed E-state index contributed by atoms with van der Waals surface area (Å²) in [5, 5.41) is 9.74. The highest BCUT2D eigenvalue weighted by atomic mass is 16.7. The van der Waals surface area contributed by atoms with E-state index in [4.69, 9.17) is 18.9 Å². The summed E-state index contributed by atoms with van der Waals surface area (Å²) < 4.78 is 22.9. The number of allylic oxidation sites excluding steroid dienone is 32. The lowest BCUT2D eigenvalue weighted by Crippen LogP contribution is -2.40. The summed E-state index contributed by atoms with van der Waals surface area (Å²) in [6.07, 6.45) is 99.6. The average Bonchev–Trinajstić information content (AvgIpc) is 3.56. The van der Waals surface area contributed by atoms with Crippen LogP contribution in [0.25, 0.3) is 0 Å². The topological polar surface area (TPSA) is 108 Å². The van der Waals surface area contributed by atoms with Crippen LogP contribution in [0.2, 0.25) is 0 Å². The normalized spacial score (nSPS) is 14.0. The minimum Gasteiger partial charge on any atom is -0.477 e. The van der Waals surface area contributed by atoms with Crippen LogP contribution in [0, 0.1) is 0 Å². The van der Waals surface area contributed by atoms with E-state index in [0.29, 0.717) is 23.9 Å². The van der Waals surface area contributed by atoms with Crippen molar-refractivity contribution in [1.29, 1.82) is 0 Å². The highest BCUT2D eigenvalue weighted by Gasteiger charge is 2.25. The summed E-state index contributed by atoms with van der Waals surface area (Å²) in [6.45, 7) is 4.56. The van der Waals surface area contributed by atoms with E-state index in [1.54, 1.807) is 0 Å². The van der Waals surface area contributed by atoms with Crippen molar-refractivity contribution in [2.75, 3.05) is 47.5 Å². The molecule has 0 aromatic rings. The number of likely N-dealkylation sites (N-methyl/N-ethyl adjacent to an activating group) is 1. The second-order valence-corrected chi connectivity index (χ2v) is 22.7. The zero-order valence-corrected chi connectivity index (χ0v) is 55.3. The first-order valence-electron chi connectivity index (χ1n) is 33.6. The van der Waals surface area contributed by atoms with Crippen LogP contribution in [-0.2, 0) is 33.3 Å². The first-order valence-corrected chi connectivity index (χ1v) is 33.6. The van der Waals surface area contributed by atoms with E-state index in [1.165, 1.54) is 38.5 Å². The molecule has 1 N–H and O–H groups in total. The Morgan fingerprint density at radius 3 is 0.943 bits per heavy atom. The first kappa shape index (κ1) is 81.1. The maximum absolute atomic E-state index is 12.9. The number of carbonyl (C=O) groups excluding carboxylic acids is 2. The van der Waals surface area contributed by atoms with E-state index < -0.39 is 30.3 Å². The summed E-state index contributed by atoms with van der Waals surface area (Å²) in [7, 11) is 5.94. The van der Waals surface area contributed by atoms with Crippen LogP contribution in [0.3, 0.4) is 0 Å². The lowest BCUT2D eigenvalue weighted by Gasteiger charge is -2.25. The average molecular weight is 1200 g/mol. The second-order valence-electron chi connectivity index (χ2n) is 22.7. The number of unbranched alkanes of at least 4 members (excludes halogenated alkanes) is 12. The number of aliphatic carboxylic acids is 1. The van der Waals surface area contributed by atoms with Gasteiger partial charge in [-0.1, -0.05) is 260 Å². The Hall–Kier alpha value is -5.87. The van der Waals surface area contributed by atoms with Crippen LogP contribution < -0.4 is 0 Å². The molecule has 0 aliphatic rings. The number of esters is 2. The lowest BCUT2D eigenvalue weighted by atomic mass is 10.0. The molecule has 2 unspecified atom stereocenters. The molecule has 0 radical (unpaired) electrons. The van der Waals surface area contributed by atoms with Gasteiger partial charge in [-0.15, -0.1) is 0 Å². The van der Waals surface area contributed by atoms with Gasteiger partial charge in [0.1, 0.15) is 13.2 Å². The van der Waals surface area contributed by atoms with Crippen molar-refractivity contribution in [2.45, 2.75) is 232 Å². The molecule has 0 fully saturated rings. The van der Waals surface area contributed by atoms with Gasteiger partial charge in [0.15, 0.2) is 6.10 Å². The summed E-state index contributed by atoms with van der Waals surface area (Å²) in [5.74, 6) is -2.09. The fourth-order valence-electron chi connectivity index (χ4n) is 8.28. The van der Waals surface area contributed by atoms with Crippen LogP contribution >= 0.6 is 0 Å². The second kappa shape index (κ2) is 66.1. The highest BCUT2D eigenvalue weighted by molar-refractivity contribution is 5.71. The van der Waals surface area contributed by atoms with E-state index in [0.717, 1.165) is 141 Å². The Morgan fingerprint density at radius 1 is 0.345 bits per heavy atom. The highest BCUT2D eigenvalue weighted by Crippen LogP contribution is 2.14. The van der Waals surface area contributed by atoms with Gasteiger partial charge in [-0.25, -0.2) is 4.79 Å². The predicted octanol–water partition coefficient (Wildman–Crippen LogP) is 21.0. The number of hydrogen-bond donors (Lipinski definition) is 1. The van der Waals surface area contributed by atoms with E-state index in [9.17, 15) is 19.5 Å². The molecule has 486 valence electrons. The van der Waals surface area contributed by atoms with E-state index in [2.05, 4.69) is 208 Å². The third-order valence-corrected chi connectivity index (χ3v) is 13.3. The number of carboxylic acids is 1. The van der Waals surface area contributed by atoms with Gasteiger partial charge in [-0.2, -0.15) is 0 Å². The van der Waals surface area contributed by atoms with Crippen molar-refractivity contribution in [3.63, 3.8) is 0 Å². The molecule has 0 amide bonds. The summed E-state index contributed by atoms with van der Waals surface area (Å²) in [4.78, 5) is 37.6. The molecular formula is C78H122NO8+. The van der Waals surface area contributed by atoms with Gasteiger partial charge in [-0.3, -0.25) is 9.59 Å². The smallest absolute Gasteiger partial charge is 0.361 e. The number of quaternary nitrogens is 1. The van der Waals surface area contributed by atoms with Crippen LogP contribution in [0.15, 0.2) is 194 Å². The molecule has 0 heterocycles. The Labute approximate surface area is 532 Å². The van der Waals surface area contributed by atoms with Crippen molar-refractivity contribution >= 4 is 17.9 Å². The third kappa shape index (κ3) is 67.5. The van der Waals surface area contributed by atoms with Gasteiger partial charge in [-0.05, 0) is 141 Å². The maximum Gasteiger partial charge on any atom is 0.361 e. The quantitative estimate of drug-likeness (QED) is 0.0211. The van der Waals surface area contributed by atoms with E-state index >= 15 is 0 Å². The molecule has 9 heteroatoms. The molecule has 2 atom stereocenters. The largest absolute Gasteiger partial charge is 0.477 e. The number of carbonyl (C=O) groups is 3. The fourth-order valence-corrected chi connectivity index (χ4v) is 8.28. The SMILES string of the molecule is CC/C=C\C/C=C\C/C=C\C/C=C\C/C=C\C/C=C\C/C=C\C/C=C\CCCCCCCCCCCCC(=O)OC(COC(=O)CCCC/C=C\C/C=C\C/C=C\C/C=C\C/C=C\C/C=C\C/C=C\C/C=C\CC)COC(OCC[N+](C)(C)C)C(=O)O. The molecule has 0 aliphatic heterocycles. The molecule has 0 spiro atoms. The molecule has 87 heavy (non-hydrogen) atoms. The Kier molecular flexibility index (Phi) is 61.6. The summed E-state index contributed by atoms with van der Waals surface area (Å²) >= 11 is 0. The minimum atomic E-state index is -1.54. The van der Waals surface area contributed by atoms with Gasteiger partial charge >= 0.3 is 17.9 Å². The molecule has 0 saturated heterocycles. The van der Waals surface area contributed by atoms with Crippen LogP contribution in [0.4, 0.5) is 0 Å². The molecule has 0 aromatic heterocycles.